The van der Waals surface area contributed by atoms with Crippen LogP contribution in [0.2, 0.25) is 0 Å². The fraction of sp³-hybridized carbons (Fsp3) is 0.345. The number of hydrogen-bond acceptors (Lipinski definition) is 6. The van der Waals surface area contributed by atoms with Gasteiger partial charge in [0.05, 0.1) is 28.3 Å². The average molecular weight is 586 g/mol. The molecule has 1 amide bonds. The Morgan fingerprint density at radius 1 is 0.925 bits per heavy atom. The molecule has 0 atom stereocenters. The van der Waals surface area contributed by atoms with E-state index in [4.69, 9.17) is 4.74 Å². The molecule has 1 saturated heterocycles. The minimum Gasteiger partial charge on any atom is -0.495 e. The topological polar surface area (TPSA) is 113 Å². The number of anilines is 2. The van der Waals surface area contributed by atoms with Crippen LogP contribution in [0.4, 0.5) is 11.4 Å². The molecule has 3 aromatic rings. The number of aryl methyl sites for hydroxylation is 1. The predicted molar refractivity (Wildman–Crippen MR) is 156 cm³/mol. The van der Waals surface area contributed by atoms with Gasteiger partial charge in [-0.2, -0.15) is 4.31 Å². The minimum atomic E-state index is -4.11. The lowest BCUT2D eigenvalue weighted by molar-refractivity contribution is -0.114. The molecule has 0 spiro atoms. The van der Waals surface area contributed by atoms with Crippen LogP contribution in [0.15, 0.2) is 76.5 Å². The van der Waals surface area contributed by atoms with Crippen LogP contribution in [0.25, 0.3) is 0 Å². The van der Waals surface area contributed by atoms with Crippen LogP contribution in [0.1, 0.15) is 43.7 Å². The third-order valence-corrected chi connectivity index (χ3v) is 10.6. The molecule has 0 bridgehead atoms. The van der Waals surface area contributed by atoms with Gasteiger partial charge in [-0.1, -0.05) is 43.7 Å². The van der Waals surface area contributed by atoms with Crippen LogP contribution in [-0.2, 0) is 24.8 Å². The summed E-state index contributed by atoms with van der Waals surface area (Å²) in [5, 5.41) is 2.67. The summed E-state index contributed by atoms with van der Waals surface area (Å²) in [6.45, 7) is 6.28. The molecule has 3 aromatic carbocycles. The number of nitrogens with zero attached hydrogens (tertiary/aromatic N) is 2. The lowest BCUT2D eigenvalue weighted by Gasteiger charge is -2.25. The maximum Gasteiger partial charge on any atom is 0.264 e. The molecule has 0 aliphatic carbocycles. The van der Waals surface area contributed by atoms with Crippen LogP contribution >= 0.6 is 0 Å². The fourth-order valence-corrected chi connectivity index (χ4v) is 7.49. The number of rotatable bonds is 10. The Bertz CT molecular complexity index is 1560. The number of carbonyl (C=O) groups excluding carboxylic acids is 1. The smallest absolute Gasteiger partial charge is 0.264 e. The van der Waals surface area contributed by atoms with Crippen molar-refractivity contribution in [3.8, 4) is 5.75 Å². The second kappa shape index (κ2) is 12.0. The monoisotopic (exact) mass is 585 g/mol. The molecular formula is C29H35N3O6S2. The van der Waals surface area contributed by atoms with Crippen LogP contribution in [0.5, 0.6) is 5.75 Å². The quantitative estimate of drug-likeness (QED) is 0.368. The second-order valence-corrected chi connectivity index (χ2v) is 13.9. The lowest BCUT2D eigenvalue weighted by Crippen LogP contribution is -2.38. The van der Waals surface area contributed by atoms with Crippen molar-refractivity contribution in [3.63, 3.8) is 0 Å². The van der Waals surface area contributed by atoms with Gasteiger partial charge in [0, 0.05) is 13.1 Å². The number of amides is 1. The zero-order valence-electron chi connectivity index (χ0n) is 23.1. The van der Waals surface area contributed by atoms with Crippen LogP contribution in [0, 0.1) is 6.92 Å². The summed E-state index contributed by atoms with van der Waals surface area (Å²) in [5.41, 5.74) is 2.40. The van der Waals surface area contributed by atoms with E-state index in [1.165, 1.54) is 41.7 Å². The fourth-order valence-electron chi connectivity index (χ4n) is 4.52. The molecule has 1 fully saturated rings. The number of carbonyl (C=O) groups is 1. The Kier molecular flexibility index (Phi) is 8.86. The molecule has 9 nitrogen and oxygen atoms in total. The Labute approximate surface area is 236 Å². The van der Waals surface area contributed by atoms with Crippen molar-refractivity contribution in [2.24, 2.45) is 0 Å². The first-order chi connectivity index (χ1) is 18.9. The molecule has 1 N–H and O–H groups in total. The van der Waals surface area contributed by atoms with Gasteiger partial charge in [-0.05, 0) is 73.7 Å². The van der Waals surface area contributed by atoms with Crippen molar-refractivity contribution < 1.29 is 26.4 Å². The van der Waals surface area contributed by atoms with Crippen molar-refractivity contribution >= 4 is 37.3 Å². The first-order valence-electron chi connectivity index (χ1n) is 13.1. The van der Waals surface area contributed by atoms with E-state index < -0.39 is 32.5 Å². The largest absolute Gasteiger partial charge is 0.495 e. The van der Waals surface area contributed by atoms with Crippen molar-refractivity contribution in [2.75, 3.05) is 36.4 Å². The third kappa shape index (κ3) is 6.32. The van der Waals surface area contributed by atoms with Crippen molar-refractivity contribution in [2.45, 2.75) is 49.3 Å². The predicted octanol–water partition coefficient (Wildman–Crippen LogP) is 4.75. The Morgan fingerprint density at radius 2 is 1.52 bits per heavy atom. The summed E-state index contributed by atoms with van der Waals surface area (Å²) in [4.78, 5) is 13.4. The zero-order chi connectivity index (χ0) is 29.1. The van der Waals surface area contributed by atoms with Crippen LogP contribution < -0.4 is 14.4 Å². The van der Waals surface area contributed by atoms with Crippen molar-refractivity contribution in [1.82, 2.24) is 4.31 Å². The zero-order valence-corrected chi connectivity index (χ0v) is 24.8. The van der Waals surface area contributed by atoms with Gasteiger partial charge in [0.25, 0.3) is 10.0 Å². The maximum atomic E-state index is 13.7. The standard InChI is InChI=1S/C29H35N3O6S2/c1-21(2)23-9-11-24(12-10-23)32(40(36,37)25-13-7-22(3)8-14-25)20-29(33)30-27-19-26(15-16-28(27)38-4)39(34,35)31-17-5-6-18-31/h7-16,19,21H,5-6,17-18,20H2,1-4H3,(H,30,33). The molecule has 11 heteroatoms. The van der Waals surface area contributed by atoms with E-state index in [-0.39, 0.29) is 27.1 Å². The highest BCUT2D eigenvalue weighted by Crippen LogP contribution is 2.31. The third-order valence-electron chi connectivity index (χ3n) is 6.89. The van der Waals surface area contributed by atoms with Gasteiger partial charge in [-0.3, -0.25) is 9.10 Å². The molecule has 214 valence electrons. The molecule has 40 heavy (non-hydrogen) atoms. The van der Waals surface area contributed by atoms with E-state index in [9.17, 15) is 21.6 Å². The highest BCUT2D eigenvalue weighted by Gasteiger charge is 2.30. The van der Waals surface area contributed by atoms with Crippen molar-refractivity contribution in [3.05, 3.63) is 77.9 Å². The summed E-state index contributed by atoms with van der Waals surface area (Å²) in [5.74, 6) is -0.156. The highest BCUT2D eigenvalue weighted by molar-refractivity contribution is 7.92. The number of nitrogens with one attached hydrogen (secondary N) is 1. The normalized spacial score (nSPS) is 14.3. The van der Waals surface area contributed by atoms with Gasteiger partial charge < -0.3 is 10.1 Å². The summed E-state index contributed by atoms with van der Waals surface area (Å²) in [6.07, 6.45) is 1.59. The molecule has 0 radical (unpaired) electrons. The SMILES string of the molecule is COc1ccc(S(=O)(=O)N2CCCC2)cc1NC(=O)CN(c1ccc(C(C)C)cc1)S(=O)(=O)c1ccc(C)cc1. The van der Waals surface area contributed by atoms with Gasteiger partial charge in [-0.15, -0.1) is 0 Å². The number of ether oxygens (including phenoxy) is 1. The molecule has 0 aromatic heterocycles. The lowest BCUT2D eigenvalue weighted by atomic mass is 10.0. The summed E-state index contributed by atoms with van der Waals surface area (Å²) in [7, 11) is -6.45. The maximum absolute atomic E-state index is 13.7. The Morgan fingerprint density at radius 3 is 2.10 bits per heavy atom. The van der Waals surface area contributed by atoms with Crippen LogP contribution in [-0.4, -0.2) is 53.8 Å². The van der Waals surface area contributed by atoms with Gasteiger partial charge in [0.15, 0.2) is 0 Å². The van der Waals surface area contributed by atoms with Gasteiger partial charge in [0.1, 0.15) is 12.3 Å². The van der Waals surface area contributed by atoms with Gasteiger partial charge in [0.2, 0.25) is 15.9 Å². The number of hydrogen-bond donors (Lipinski definition) is 1. The molecule has 1 aliphatic heterocycles. The molecule has 1 heterocycles. The van der Waals surface area contributed by atoms with Crippen LogP contribution in [0.3, 0.4) is 0 Å². The summed E-state index contributed by atoms with van der Waals surface area (Å²) < 4.78 is 61.5. The number of methoxy groups -OCH3 is 1. The second-order valence-electron chi connectivity index (χ2n) is 10.1. The van der Waals surface area contributed by atoms with E-state index >= 15 is 0 Å². The minimum absolute atomic E-state index is 0.0268. The van der Waals surface area contributed by atoms with E-state index in [0.29, 0.717) is 18.8 Å². The average Bonchev–Trinajstić information content (AvgIpc) is 3.48. The molecule has 4 rings (SSSR count). The van der Waals surface area contributed by atoms with E-state index in [1.807, 2.05) is 32.9 Å². The molecule has 1 aliphatic rings. The number of sulfonamides is 2. The van der Waals surface area contributed by atoms with Crippen molar-refractivity contribution in [1.29, 1.82) is 0 Å². The molecular weight excluding hydrogens is 550 g/mol. The van der Waals surface area contributed by atoms with Gasteiger partial charge in [-0.25, -0.2) is 16.8 Å². The molecule has 0 saturated carbocycles. The molecule has 0 unspecified atom stereocenters. The first-order valence-corrected chi connectivity index (χ1v) is 16.0. The van der Waals surface area contributed by atoms with Gasteiger partial charge >= 0.3 is 0 Å². The van der Waals surface area contributed by atoms with E-state index in [2.05, 4.69) is 5.32 Å². The first kappa shape index (κ1) is 29.6. The van der Waals surface area contributed by atoms with E-state index in [1.54, 1.807) is 24.3 Å². The Hall–Kier alpha value is -3.41. The summed E-state index contributed by atoms with van der Waals surface area (Å²) in [6, 6.07) is 17.7. The highest BCUT2D eigenvalue weighted by atomic mass is 32.2. The Balaban J connectivity index is 1.67. The summed E-state index contributed by atoms with van der Waals surface area (Å²) >= 11 is 0. The number of benzene rings is 3. The van der Waals surface area contributed by atoms with E-state index in [0.717, 1.165) is 28.3 Å².